The fourth-order valence-corrected chi connectivity index (χ4v) is 1.92. The van der Waals surface area contributed by atoms with Crippen LogP contribution in [0.4, 0.5) is 5.69 Å². The first-order valence-corrected chi connectivity index (χ1v) is 4.91. The van der Waals surface area contributed by atoms with Gasteiger partial charge in [-0.15, -0.1) is 0 Å². The summed E-state index contributed by atoms with van der Waals surface area (Å²) < 4.78 is 1.78. The van der Waals surface area contributed by atoms with Crippen LogP contribution in [-0.4, -0.2) is 9.78 Å². The van der Waals surface area contributed by atoms with E-state index in [1.807, 2.05) is 32.0 Å². The first-order chi connectivity index (χ1) is 6.61. The molecule has 0 saturated heterocycles. The third-order valence-electron chi connectivity index (χ3n) is 2.19. The lowest BCUT2D eigenvalue weighted by Gasteiger charge is -2.05. The smallest absolute Gasteiger partial charge is 0.137 e. The fraction of sp³-hybridized carbons (Fsp3) is 0.300. The average Bonchev–Trinajstić information content (AvgIpc) is 2.45. The van der Waals surface area contributed by atoms with Gasteiger partial charge in [0.05, 0.1) is 10.9 Å². The van der Waals surface area contributed by atoms with E-state index in [2.05, 4.69) is 5.10 Å². The lowest BCUT2D eigenvalue weighted by atomic mass is 10.2. The Kier molecular flexibility index (Phi) is 2.11. The van der Waals surface area contributed by atoms with Gasteiger partial charge in [-0.05, 0) is 26.0 Å². The third kappa shape index (κ3) is 1.24. The summed E-state index contributed by atoms with van der Waals surface area (Å²) in [5, 5.41) is 5.85. The normalized spacial score (nSPS) is 11.4. The summed E-state index contributed by atoms with van der Waals surface area (Å²) in [5.41, 5.74) is 7.36. The van der Waals surface area contributed by atoms with Crippen molar-refractivity contribution in [1.82, 2.24) is 9.78 Å². The second kappa shape index (κ2) is 3.17. The van der Waals surface area contributed by atoms with Crippen molar-refractivity contribution < 1.29 is 0 Å². The van der Waals surface area contributed by atoms with Crippen LogP contribution in [-0.2, 0) is 0 Å². The van der Waals surface area contributed by atoms with Crippen molar-refractivity contribution in [2.45, 2.75) is 19.9 Å². The van der Waals surface area contributed by atoms with Crippen LogP contribution in [0.25, 0.3) is 10.9 Å². The summed E-state index contributed by atoms with van der Waals surface area (Å²) in [6.45, 7) is 4.07. The molecule has 2 aromatic rings. The first-order valence-electron chi connectivity index (χ1n) is 4.53. The minimum Gasteiger partial charge on any atom is -0.398 e. The molecular weight excluding hydrogens is 198 g/mol. The third-order valence-corrected chi connectivity index (χ3v) is 2.55. The fourth-order valence-electron chi connectivity index (χ4n) is 1.48. The summed E-state index contributed by atoms with van der Waals surface area (Å²) in [6, 6.07) is 5.87. The minimum absolute atomic E-state index is 0.245. The van der Waals surface area contributed by atoms with Crippen LogP contribution >= 0.6 is 11.6 Å². The van der Waals surface area contributed by atoms with Gasteiger partial charge in [-0.2, -0.15) is 5.10 Å². The molecule has 0 saturated carbocycles. The van der Waals surface area contributed by atoms with Crippen LogP contribution in [0.15, 0.2) is 18.2 Å². The van der Waals surface area contributed by atoms with E-state index in [1.54, 1.807) is 4.68 Å². The molecule has 3 nitrogen and oxygen atoms in total. The van der Waals surface area contributed by atoms with E-state index in [-0.39, 0.29) is 6.04 Å². The van der Waals surface area contributed by atoms with Gasteiger partial charge in [0, 0.05) is 11.7 Å². The zero-order valence-electron chi connectivity index (χ0n) is 8.16. The molecule has 1 aromatic heterocycles. The van der Waals surface area contributed by atoms with Crippen LogP contribution in [0.3, 0.4) is 0 Å². The molecule has 2 N–H and O–H groups in total. The van der Waals surface area contributed by atoms with E-state index in [4.69, 9.17) is 17.3 Å². The Hall–Kier alpha value is -1.22. The Balaban J connectivity index is 2.81. The molecule has 0 amide bonds. The SMILES string of the molecule is CC(C)n1nc2cccc(N)c2c1Cl. The molecule has 0 unspecified atom stereocenters. The number of benzene rings is 1. The number of anilines is 1. The molecule has 0 aliphatic heterocycles. The van der Waals surface area contributed by atoms with Gasteiger partial charge < -0.3 is 5.73 Å². The second-order valence-corrected chi connectivity index (χ2v) is 3.93. The van der Waals surface area contributed by atoms with Crippen molar-refractivity contribution in [3.8, 4) is 0 Å². The van der Waals surface area contributed by atoms with Crippen LogP contribution < -0.4 is 5.73 Å². The lowest BCUT2D eigenvalue weighted by Crippen LogP contribution is -2.02. The van der Waals surface area contributed by atoms with Crippen LogP contribution in [0, 0.1) is 0 Å². The molecule has 1 aromatic carbocycles. The van der Waals surface area contributed by atoms with Crippen molar-refractivity contribution in [3.05, 3.63) is 23.4 Å². The van der Waals surface area contributed by atoms with Gasteiger partial charge in [0.2, 0.25) is 0 Å². The number of fused-ring (bicyclic) bond motifs is 1. The Morgan fingerprint density at radius 1 is 1.43 bits per heavy atom. The summed E-state index contributed by atoms with van der Waals surface area (Å²) in [5.74, 6) is 0. The van der Waals surface area contributed by atoms with Gasteiger partial charge in [-0.1, -0.05) is 17.7 Å². The Labute approximate surface area is 87.5 Å². The number of hydrogen-bond donors (Lipinski definition) is 1. The Morgan fingerprint density at radius 3 is 2.71 bits per heavy atom. The average molecular weight is 210 g/mol. The largest absolute Gasteiger partial charge is 0.398 e. The molecular formula is C10H12ClN3. The van der Waals surface area contributed by atoms with Crippen LogP contribution in [0.5, 0.6) is 0 Å². The monoisotopic (exact) mass is 209 g/mol. The molecule has 0 bridgehead atoms. The quantitative estimate of drug-likeness (QED) is 0.734. The Bertz CT molecular complexity index is 473. The predicted octanol–water partition coefficient (Wildman–Crippen LogP) is 2.85. The summed E-state index contributed by atoms with van der Waals surface area (Å²) in [6.07, 6.45) is 0. The number of nitrogen functional groups attached to an aromatic ring is 1. The number of nitrogens with zero attached hydrogens (tertiary/aromatic N) is 2. The number of aromatic nitrogens is 2. The molecule has 2 rings (SSSR count). The summed E-state index contributed by atoms with van der Waals surface area (Å²) >= 11 is 6.18. The van der Waals surface area contributed by atoms with E-state index in [0.29, 0.717) is 10.8 Å². The minimum atomic E-state index is 0.245. The number of nitrogens with two attached hydrogens (primary N) is 1. The van der Waals surface area contributed by atoms with Crippen molar-refractivity contribution in [2.75, 3.05) is 5.73 Å². The van der Waals surface area contributed by atoms with E-state index < -0.39 is 0 Å². The highest BCUT2D eigenvalue weighted by molar-refractivity contribution is 6.35. The van der Waals surface area contributed by atoms with Gasteiger partial charge in [-0.3, -0.25) is 4.68 Å². The number of halogens is 1. The maximum atomic E-state index is 6.18. The van der Waals surface area contributed by atoms with Crippen molar-refractivity contribution in [3.63, 3.8) is 0 Å². The predicted molar refractivity (Wildman–Crippen MR) is 59.5 cm³/mol. The van der Waals surface area contributed by atoms with E-state index >= 15 is 0 Å². The second-order valence-electron chi connectivity index (χ2n) is 3.57. The first kappa shape index (κ1) is 9.34. The topological polar surface area (TPSA) is 43.8 Å². The van der Waals surface area contributed by atoms with Crippen molar-refractivity contribution in [1.29, 1.82) is 0 Å². The highest BCUT2D eigenvalue weighted by Gasteiger charge is 2.12. The maximum absolute atomic E-state index is 6.18. The zero-order valence-corrected chi connectivity index (χ0v) is 8.92. The van der Waals surface area contributed by atoms with E-state index in [9.17, 15) is 0 Å². The molecule has 14 heavy (non-hydrogen) atoms. The maximum Gasteiger partial charge on any atom is 0.137 e. The van der Waals surface area contributed by atoms with E-state index in [0.717, 1.165) is 10.9 Å². The molecule has 4 heteroatoms. The molecule has 0 fully saturated rings. The highest BCUT2D eigenvalue weighted by Crippen LogP contribution is 2.30. The van der Waals surface area contributed by atoms with Gasteiger partial charge in [-0.25, -0.2) is 0 Å². The molecule has 0 aliphatic rings. The summed E-state index contributed by atoms with van der Waals surface area (Å²) in [4.78, 5) is 0. The van der Waals surface area contributed by atoms with Crippen LogP contribution in [0.1, 0.15) is 19.9 Å². The molecule has 0 spiro atoms. The van der Waals surface area contributed by atoms with Gasteiger partial charge in [0.1, 0.15) is 5.15 Å². The van der Waals surface area contributed by atoms with Gasteiger partial charge in [0.15, 0.2) is 0 Å². The van der Waals surface area contributed by atoms with E-state index in [1.165, 1.54) is 0 Å². The molecule has 1 heterocycles. The molecule has 0 aliphatic carbocycles. The van der Waals surface area contributed by atoms with Crippen molar-refractivity contribution in [2.24, 2.45) is 0 Å². The summed E-state index contributed by atoms with van der Waals surface area (Å²) in [7, 11) is 0. The Morgan fingerprint density at radius 2 is 2.14 bits per heavy atom. The lowest BCUT2D eigenvalue weighted by molar-refractivity contribution is 0.538. The van der Waals surface area contributed by atoms with Gasteiger partial charge in [0.25, 0.3) is 0 Å². The zero-order chi connectivity index (χ0) is 10.3. The van der Waals surface area contributed by atoms with Crippen LogP contribution in [0.2, 0.25) is 5.15 Å². The highest BCUT2D eigenvalue weighted by atomic mass is 35.5. The molecule has 74 valence electrons. The van der Waals surface area contributed by atoms with Gasteiger partial charge >= 0.3 is 0 Å². The standard InChI is InChI=1S/C10H12ClN3/c1-6(2)14-10(11)9-7(12)4-3-5-8(9)13-14/h3-6H,12H2,1-2H3. The molecule has 0 atom stereocenters. The number of hydrogen-bond acceptors (Lipinski definition) is 2. The molecule has 0 radical (unpaired) electrons. The van der Waals surface area contributed by atoms with Crippen molar-refractivity contribution >= 4 is 28.2 Å². The number of rotatable bonds is 1.